The zero-order valence-corrected chi connectivity index (χ0v) is 9.73. The average molecular weight is 234 g/mol. The van der Waals surface area contributed by atoms with Crippen LogP contribution in [0.3, 0.4) is 0 Å². The van der Waals surface area contributed by atoms with Crippen LogP contribution in [-0.4, -0.2) is 21.3 Å². The van der Waals surface area contributed by atoms with Gasteiger partial charge in [0.15, 0.2) is 5.82 Å². The molecule has 5 heteroatoms. The van der Waals surface area contributed by atoms with Crippen molar-refractivity contribution >= 4 is 0 Å². The van der Waals surface area contributed by atoms with Crippen molar-refractivity contribution in [3.63, 3.8) is 0 Å². The Balaban J connectivity index is 2.15. The minimum absolute atomic E-state index is 0.226. The summed E-state index contributed by atoms with van der Waals surface area (Å²) in [5.74, 6) is 1.39. The second-order valence-corrected chi connectivity index (χ2v) is 3.91. The number of hydrogen-bond donors (Lipinski definition) is 1. The monoisotopic (exact) mass is 234 g/mol. The summed E-state index contributed by atoms with van der Waals surface area (Å²) in [6, 6.07) is 6.41. The largest absolute Gasteiger partial charge is 0.330 e. The maximum Gasteiger partial charge on any atom is 0.152 e. The van der Waals surface area contributed by atoms with Crippen LogP contribution < -0.4 is 5.73 Å². The molecule has 0 radical (unpaired) electrons. The number of aromatic nitrogens is 3. The fraction of sp³-hybridized carbons (Fsp3) is 0.333. The first-order chi connectivity index (χ1) is 8.19. The van der Waals surface area contributed by atoms with Gasteiger partial charge in [0, 0.05) is 19.9 Å². The van der Waals surface area contributed by atoms with Crippen molar-refractivity contribution in [1.82, 2.24) is 14.8 Å². The summed E-state index contributed by atoms with van der Waals surface area (Å²) in [6.07, 6.45) is 1.33. The van der Waals surface area contributed by atoms with E-state index in [1.54, 1.807) is 16.8 Å². The third kappa shape index (κ3) is 2.88. The van der Waals surface area contributed by atoms with E-state index in [2.05, 4.69) is 10.1 Å². The van der Waals surface area contributed by atoms with E-state index in [1.807, 2.05) is 7.05 Å². The Morgan fingerprint density at radius 3 is 2.65 bits per heavy atom. The fourth-order valence-corrected chi connectivity index (χ4v) is 1.65. The molecule has 1 aromatic carbocycles. The molecule has 0 aliphatic carbocycles. The van der Waals surface area contributed by atoms with Gasteiger partial charge in [-0.15, -0.1) is 0 Å². The Morgan fingerprint density at radius 1 is 1.29 bits per heavy atom. The Kier molecular flexibility index (Phi) is 3.49. The first-order valence-electron chi connectivity index (χ1n) is 5.52. The van der Waals surface area contributed by atoms with Gasteiger partial charge in [-0.25, -0.2) is 9.37 Å². The highest BCUT2D eigenvalue weighted by atomic mass is 19.1. The van der Waals surface area contributed by atoms with E-state index in [0.717, 1.165) is 17.2 Å². The van der Waals surface area contributed by atoms with Crippen molar-refractivity contribution in [3.8, 4) is 0 Å². The van der Waals surface area contributed by atoms with Crippen LogP contribution in [0.15, 0.2) is 24.3 Å². The highest BCUT2D eigenvalue weighted by Gasteiger charge is 2.07. The van der Waals surface area contributed by atoms with Crippen LogP contribution in [0, 0.1) is 5.82 Å². The molecular weight excluding hydrogens is 219 g/mol. The molecule has 0 atom stereocenters. The Morgan fingerprint density at radius 2 is 2.00 bits per heavy atom. The zero-order valence-electron chi connectivity index (χ0n) is 9.73. The normalized spacial score (nSPS) is 10.8. The maximum absolute atomic E-state index is 12.8. The fourth-order valence-electron chi connectivity index (χ4n) is 1.65. The van der Waals surface area contributed by atoms with E-state index < -0.39 is 0 Å². The molecule has 0 spiro atoms. The van der Waals surface area contributed by atoms with Crippen molar-refractivity contribution in [2.24, 2.45) is 12.8 Å². The van der Waals surface area contributed by atoms with Crippen LogP contribution in [0.2, 0.25) is 0 Å². The summed E-state index contributed by atoms with van der Waals surface area (Å²) in [6.45, 7) is 0.542. The van der Waals surface area contributed by atoms with Gasteiger partial charge in [-0.05, 0) is 24.2 Å². The van der Waals surface area contributed by atoms with E-state index in [4.69, 9.17) is 5.73 Å². The number of hydrogen-bond acceptors (Lipinski definition) is 3. The summed E-state index contributed by atoms with van der Waals surface area (Å²) in [4.78, 5) is 4.40. The smallest absolute Gasteiger partial charge is 0.152 e. The Bertz CT molecular complexity index is 490. The third-order valence-electron chi connectivity index (χ3n) is 2.54. The van der Waals surface area contributed by atoms with Gasteiger partial charge in [-0.2, -0.15) is 5.10 Å². The summed E-state index contributed by atoms with van der Waals surface area (Å²) in [5, 5.41) is 4.27. The van der Waals surface area contributed by atoms with Crippen LogP contribution >= 0.6 is 0 Å². The lowest BCUT2D eigenvalue weighted by Crippen LogP contribution is -2.04. The quantitative estimate of drug-likeness (QED) is 0.860. The Hall–Kier alpha value is -1.75. The zero-order chi connectivity index (χ0) is 12.3. The van der Waals surface area contributed by atoms with Crippen LogP contribution in [-0.2, 0) is 19.9 Å². The van der Waals surface area contributed by atoms with E-state index in [9.17, 15) is 4.39 Å². The van der Waals surface area contributed by atoms with Crippen molar-refractivity contribution in [1.29, 1.82) is 0 Å². The lowest BCUT2D eigenvalue weighted by atomic mass is 10.1. The molecule has 1 heterocycles. The van der Waals surface area contributed by atoms with Gasteiger partial charge in [0.2, 0.25) is 0 Å². The molecule has 2 rings (SSSR count). The molecule has 0 saturated heterocycles. The van der Waals surface area contributed by atoms with Gasteiger partial charge >= 0.3 is 0 Å². The minimum Gasteiger partial charge on any atom is -0.330 e. The first kappa shape index (κ1) is 11.7. The van der Waals surface area contributed by atoms with E-state index in [1.165, 1.54) is 12.1 Å². The third-order valence-corrected chi connectivity index (χ3v) is 2.54. The van der Waals surface area contributed by atoms with Crippen molar-refractivity contribution in [2.75, 3.05) is 6.54 Å². The van der Waals surface area contributed by atoms with Crippen molar-refractivity contribution in [2.45, 2.75) is 12.8 Å². The molecular formula is C12H15FN4. The van der Waals surface area contributed by atoms with Gasteiger partial charge in [0.1, 0.15) is 11.6 Å². The van der Waals surface area contributed by atoms with E-state index in [0.29, 0.717) is 19.4 Å². The SMILES string of the molecule is Cn1nc(CCN)nc1Cc1ccc(F)cc1. The standard InChI is InChI=1S/C12H15FN4/c1-17-12(15-11(16-17)6-7-14)8-9-2-4-10(13)5-3-9/h2-5H,6-8,14H2,1H3. The summed E-state index contributed by atoms with van der Waals surface area (Å²) < 4.78 is 14.5. The molecule has 1 aromatic heterocycles. The summed E-state index contributed by atoms with van der Waals surface area (Å²) >= 11 is 0. The molecule has 0 aliphatic heterocycles. The highest BCUT2D eigenvalue weighted by molar-refractivity contribution is 5.20. The van der Waals surface area contributed by atoms with Crippen LogP contribution in [0.4, 0.5) is 4.39 Å². The number of aryl methyl sites for hydroxylation is 1. The molecule has 2 N–H and O–H groups in total. The average Bonchev–Trinajstić information content (AvgIpc) is 2.63. The molecule has 0 unspecified atom stereocenters. The van der Waals surface area contributed by atoms with E-state index >= 15 is 0 Å². The van der Waals surface area contributed by atoms with Gasteiger partial charge in [0.05, 0.1) is 0 Å². The number of nitrogens with zero attached hydrogens (tertiary/aromatic N) is 3. The van der Waals surface area contributed by atoms with Gasteiger partial charge in [-0.3, -0.25) is 4.68 Å². The first-order valence-corrected chi connectivity index (χ1v) is 5.52. The predicted molar refractivity (Wildman–Crippen MR) is 63.0 cm³/mol. The van der Waals surface area contributed by atoms with Crippen molar-refractivity contribution < 1.29 is 4.39 Å². The molecule has 4 nitrogen and oxygen atoms in total. The topological polar surface area (TPSA) is 56.7 Å². The number of halogens is 1. The Labute approximate surface area is 99.3 Å². The molecule has 0 bridgehead atoms. The van der Waals surface area contributed by atoms with E-state index in [-0.39, 0.29) is 5.82 Å². The lowest BCUT2D eigenvalue weighted by molar-refractivity contribution is 0.627. The van der Waals surface area contributed by atoms with Gasteiger partial charge in [-0.1, -0.05) is 12.1 Å². The number of nitrogens with two attached hydrogens (primary N) is 1. The lowest BCUT2D eigenvalue weighted by Gasteiger charge is -2.00. The van der Waals surface area contributed by atoms with Gasteiger partial charge < -0.3 is 5.73 Å². The molecule has 90 valence electrons. The second kappa shape index (κ2) is 5.05. The van der Waals surface area contributed by atoms with Gasteiger partial charge in [0.25, 0.3) is 0 Å². The molecule has 17 heavy (non-hydrogen) atoms. The number of rotatable bonds is 4. The summed E-state index contributed by atoms with van der Waals surface area (Å²) in [7, 11) is 1.85. The summed E-state index contributed by atoms with van der Waals surface area (Å²) in [5.41, 5.74) is 6.47. The van der Waals surface area contributed by atoms with Crippen LogP contribution in [0.1, 0.15) is 17.2 Å². The molecule has 0 aliphatic rings. The molecule has 0 fully saturated rings. The molecule has 0 amide bonds. The highest BCUT2D eigenvalue weighted by Crippen LogP contribution is 2.08. The molecule has 2 aromatic rings. The van der Waals surface area contributed by atoms with Crippen molar-refractivity contribution in [3.05, 3.63) is 47.3 Å². The molecule has 0 saturated carbocycles. The maximum atomic E-state index is 12.8. The predicted octanol–water partition coefficient (Wildman–Crippen LogP) is 1.05. The number of benzene rings is 1. The second-order valence-electron chi connectivity index (χ2n) is 3.91. The van der Waals surface area contributed by atoms with Crippen LogP contribution in [0.5, 0.6) is 0 Å². The van der Waals surface area contributed by atoms with Crippen LogP contribution in [0.25, 0.3) is 0 Å². The minimum atomic E-state index is -0.226.